The molecule has 0 spiro atoms. The third-order valence-corrected chi connectivity index (χ3v) is 6.41. The van der Waals surface area contributed by atoms with Gasteiger partial charge in [0.05, 0.1) is 11.7 Å². The number of para-hydroxylation sites is 1. The number of benzene rings is 1. The van der Waals surface area contributed by atoms with Crippen LogP contribution in [0.25, 0.3) is 10.9 Å². The summed E-state index contributed by atoms with van der Waals surface area (Å²) < 4.78 is 7.78. The van der Waals surface area contributed by atoms with E-state index >= 15 is 0 Å². The first-order valence-electron chi connectivity index (χ1n) is 10.5. The summed E-state index contributed by atoms with van der Waals surface area (Å²) in [5.41, 5.74) is 1.26. The second kappa shape index (κ2) is 8.10. The highest BCUT2D eigenvalue weighted by atomic mass is 16.5. The molecule has 4 heteroatoms. The Bertz CT molecular complexity index is 698. The minimum atomic E-state index is 0.626. The number of nitrogens with zero attached hydrogens (tertiary/aromatic N) is 3. The average Bonchev–Trinajstić information content (AvgIpc) is 3.13. The molecule has 0 saturated carbocycles. The van der Waals surface area contributed by atoms with Gasteiger partial charge in [0, 0.05) is 43.8 Å². The van der Waals surface area contributed by atoms with Gasteiger partial charge in [-0.1, -0.05) is 25.1 Å². The molecule has 2 aliphatic heterocycles. The maximum Gasteiger partial charge on any atom is 0.0682 e. The molecule has 4 nitrogen and oxygen atoms in total. The summed E-state index contributed by atoms with van der Waals surface area (Å²) in [6.45, 7) is 8.50. The van der Waals surface area contributed by atoms with Gasteiger partial charge in [-0.05, 0) is 56.9 Å². The van der Waals surface area contributed by atoms with Crippen molar-refractivity contribution < 1.29 is 4.74 Å². The minimum absolute atomic E-state index is 0.626. The number of hydrogen-bond donors (Lipinski definition) is 0. The van der Waals surface area contributed by atoms with Crippen molar-refractivity contribution in [1.29, 1.82) is 0 Å². The molecule has 1 aromatic carbocycles. The Balaban J connectivity index is 1.33. The predicted octanol–water partition coefficient (Wildman–Crippen LogP) is 4.34. The number of aromatic nitrogens is 2. The van der Waals surface area contributed by atoms with Crippen LogP contribution >= 0.6 is 0 Å². The normalized spacial score (nSPS) is 27.2. The molecule has 0 radical (unpaired) electrons. The van der Waals surface area contributed by atoms with E-state index < -0.39 is 0 Å². The highest BCUT2D eigenvalue weighted by Crippen LogP contribution is 2.40. The summed E-state index contributed by atoms with van der Waals surface area (Å²) in [6, 6.07) is 10.1. The predicted molar refractivity (Wildman–Crippen MR) is 106 cm³/mol. The first kappa shape index (κ1) is 18.0. The standard InChI is InChI=1S/C22H33N3O/c1-3-26-11-10-18-12-20-8-9-21(13-18)24(20)15-17(2)16-25-22-7-5-4-6-19(22)14-23-25/h4-7,14,17-18,20-21H,3,8-13,15-16H2,1-2H3. The van der Waals surface area contributed by atoms with Crippen LogP contribution < -0.4 is 0 Å². The molecule has 2 fully saturated rings. The summed E-state index contributed by atoms with van der Waals surface area (Å²) in [7, 11) is 0. The Kier molecular flexibility index (Phi) is 5.60. The fraction of sp³-hybridized carbons (Fsp3) is 0.682. The van der Waals surface area contributed by atoms with Gasteiger partial charge in [-0.3, -0.25) is 9.58 Å². The number of fused-ring (bicyclic) bond motifs is 3. The van der Waals surface area contributed by atoms with E-state index in [2.05, 4.69) is 52.8 Å². The molecule has 2 saturated heterocycles. The molecule has 3 heterocycles. The lowest BCUT2D eigenvalue weighted by Gasteiger charge is -2.40. The highest BCUT2D eigenvalue weighted by molar-refractivity contribution is 5.78. The van der Waals surface area contributed by atoms with Gasteiger partial charge in [-0.2, -0.15) is 5.10 Å². The van der Waals surface area contributed by atoms with Crippen molar-refractivity contribution >= 4 is 10.9 Å². The summed E-state index contributed by atoms with van der Waals surface area (Å²) in [5, 5.41) is 5.87. The van der Waals surface area contributed by atoms with E-state index in [9.17, 15) is 0 Å². The molecule has 26 heavy (non-hydrogen) atoms. The SMILES string of the molecule is CCOCCC1CC2CCC(C1)N2CC(C)Cn1ncc2ccccc21. The zero-order chi connectivity index (χ0) is 17.9. The molecule has 4 rings (SSSR count). The lowest BCUT2D eigenvalue weighted by atomic mass is 9.88. The van der Waals surface area contributed by atoms with E-state index in [1.165, 1.54) is 49.6 Å². The molecule has 0 amide bonds. The van der Waals surface area contributed by atoms with Crippen LogP contribution in [0.3, 0.4) is 0 Å². The lowest BCUT2D eigenvalue weighted by molar-refractivity contribution is 0.0635. The van der Waals surface area contributed by atoms with Gasteiger partial charge < -0.3 is 4.74 Å². The van der Waals surface area contributed by atoms with Crippen LogP contribution in [0.4, 0.5) is 0 Å². The summed E-state index contributed by atoms with van der Waals surface area (Å²) in [6.07, 6.45) is 8.79. The Morgan fingerprint density at radius 1 is 1.15 bits per heavy atom. The van der Waals surface area contributed by atoms with Gasteiger partial charge in [0.1, 0.15) is 0 Å². The van der Waals surface area contributed by atoms with Gasteiger partial charge in [0.15, 0.2) is 0 Å². The summed E-state index contributed by atoms with van der Waals surface area (Å²) >= 11 is 0. The van der Waals surface area contributed by atoms with Gasteiger partial charge in [0.2, 0.25) is 0 Å². The molecule has 2 aliphatic rings. The molecular weight excluding hydrogens is 322 g/mol. The lowest BCUT2D eigenvalue weighted by Crippen LogP contribution is -2.45. The molecule has 1 aromatic heterocycles. The summed E-state index contributed by atoms with van der Waals surface area (Å²) in [4.78, 5) is 2.83. The highest BCUT2D eigenvalue weighted by Gasteiger charge is 2.40. The zero-order valence-electron chi connectivity index (χ0n) is 16.3. The Hall–Kier alpha value is -1.39. The molecule has 0 N–H and O–H groups in total. The monoisotopic (exact) mass is 355 g/mol. The van der Waals surface area contributed by atoms with Crippen LogP contribution in [0.1, 0.15) is 46.0 Å². The van der Waals surface area contributed by atoms with Crippen LogP contribution in [0, 0.1) is 11.8 Å². The van der Waals surface area contributed by atoms with Crippen LogP contribution in [-0.2, 0) is 11.3 Å². The molecule has 2 bridgehead atoms. The third-order valence-electron chi connectivity index (χ3n) is 6.41. The molecule has 0 aliphatic carbocycles. The van der Waals surface area contributed by atoms with Crippen molar-refractivity contribution in [3.8, 4) is 0 Å². The fourth-order valence-electron chi connectivity index (χ4n) is 5.20. The van der Waals surface area contributed by atoms with Gasteiger partial charge >= 0.3 is 0 Å². The van der Waals surface area contributed by atoms with Crippen molar-refractivity contribution in [2.24, 2.45) is 11.8 Å². The number of piperidine rings is 1. The van der Waals surface area contributed by atoms with E-state index in [1.807, 2.05) is 6.20 Å². The first-order chi connectivity index (χ1) is 12.7. The third kappa shape index (κ3) is 3.81. The Morgan fingerprint density at radius 2 is 1.92 bits per heavy atom. The topological polar surface area (TPSA) is 30.3 Å². The van der Waals surface area contributed by atoms with Crippen molar-refractivity contribution in [3.63, 3.8) is 0 Å². The largest absolute Gasteiger partial charge is 0.382 e. The van der Waals surface area contributed by atoms with E-state index in [1.54, 1.807) is 0 Å². The Morgan fingerprint density at radius 3 is 2.69 bits per heavy atom. The second-order valence-corrected chi connectivity index (χ2v) is 8.40. The molecule has 3 atom stereocenters. The molecule has 2 aromatic rings. The van der Waals surface area contributed by atoms with E-state index in [-0.39, 0.29) is 0 Å². The molecular formula is C22H33N3O. The van der Waals surface area contributed by atoms with Crippen LogP contribution in [-0.4, -0.2) is 46.5 Å². The molecule has 3 unspecified atom stereocenters. The van der Waals surface area contributed by atoms with Crippen molar-refractivity contribution in [2.45, 2.75) is 64.6 Å². The average molecular weight is 356 g/mol. The van der Waals surface area contributed by atoms with Crippen LogP contribution in [0.2, 0.25) is 0 Å². The second-order valence-electron chi connectivity index (χ2n) is 8.40. The first-order valence-corrected chi connectivity index (χ1v) is 10.5. The van der Waals surface area contributed by atoms with E-state index in [0.717, 1.165) is 37.8 Å². The van der Waals surface area contributed by atoms with Gasteiger partial charge in [-0.25, -0.2) is 0 Å². The summed E-state index contributed by atoms with van der Waals surface area (Å²) in [5.74, 6) is 1.50. The smallest absolute Gasteiger partial charge is 0.0682 e. The van der Waals surface area contributed by atoms with E-state index in [4.69, 9.17) is 4.74 Å². The maximum absolute atomic E-state index is 5.59. The number of ether oxygens (including phenoxy) is 1. The quantitative estimate of drug-likeness (QED) is 0.660. The minimum Gasteiger partial charge on any atom is -0.382 e. The van der Waals surface area contributed by atoms with Crippen molar-refractivity contribution in [2.75, 3.05) is 19.8 Å². The van der Waals surface area contributed by atoms with E-state index in [0.29, 0.717) is 5.92 Å². The van der Waals surface area contributed by atoms with Gasteiger partial charge in [0.25, 0.3) is 0 Å². The Labute approximate surface area is 157 Å². The zero-order valence-corrected chi connectivity index (χ0v) is 16.3. The number of rotatable bonds is 8. The maximum atomic E-state index is 5.59. The van der Waals surface area contributed by atoms with Crippen molar-refractivity contribution in [1.82, 2.24) is 14.7 Å². The van der Waals surface area contributed by atoms with Gasteiger partial charge in [-0.15, -0.1) is 0 Å². The van der Waals surface area contributed by atoms with Crippen LogP contribution in [0.15, 0.2) is 30.5 Å². The fourth-order valence-corrected chi connectivity index (χ4v) is 5.20. The van der Waals surface area contributed by atoms with Crippen molar-refractivity contribution in [3.05, 3.63) is 30.5 Å². The molecule has 142 valence electrons. The van der Waals surface area contributed by atoms with Crippen LogP contribution in [0.5, 0.6) is 0 Å². The number of hydrogen-bond acceptors (Lipinski definition) is 3.